The zero-order chi connectivity index (χ0) is 29.6. The minimum absolute atomic E-state index is 0.0443. The fraction of sp³-hybridized carbons (Fsp3) is 0.267. The van der Waals surface area contributed by atoms with E-state index in [0.29, 0.717) is 17.6 Å². The van der Waals surface area contributed by atoms with Crippen molar-refractivity contribution in [2.75, 3.05) is 5.73 Å². The lowest BCUT2D eigenvalue weighted by Gasteiger charge is -2.22. The van der Waals surface area contributed by atoms with Crippen LogP contribution in [0.4, 0.5) is 15.1 Å². The normalized spacial score (nSPS) is 12.0. The Morgan fingerprint density at radius 1 is 1.00 bits per heavy atom. The highest BCUT2D eigenvalue weighted by atomic mass is 19.1. The van der Waals surface area contributed by atoms with E-state index in [-0.39, 0.29) is 24.1 Å². The average Bonchev–Trinajstić information content (AvgIpc) is 3.21. The Morgan fingerprint density at radius 3 is 2.39 bits per heavy atom. The second-order valence-corrected chi connectivity index (χ2v) is 10.3. The van der Waals surface area contributed by atoms with E-state index >= 15 is 0 Å². The molecule has 0 fully saturated rings. The molecule has 3 N–H and O–H groups in total. The van der Waals surface area contributed by atoms with Gasteiger partial charge in [-0.2, -0.15) is 0 Å². The van der Waals surface area contributed by atoms with Gasteiger partial charge in [0.2, 0.25) is 5.95 Å². The van der Waals surface area contributed by atoms with Gasteiger partial charge in [-0.15, -0.1) is 0 Å². The molecule has 3 aromatic carbocycles. The van der Waals surface area contributed by atoms with Crippen molar-refractivity contribution in [1.82, 2.24) is 14.9 Å². The molecular weight excluding hydrogens is 531 g/mol. The first kappa shape index (κ1) is 29.1. The number of halogens is 1. The van der Waals surface area contributed by atoms with Gasteiger partial charge in [0, 0.05) is 6.07 Å². The van der Waals surface area contributed by atoms with Crippen molar-refractivity contribution in [2.24, 2.45) is 0 Å². The summed E-state index contributed by atoms with van der Waals surface area (Å²) < 4.78 is 31.1. The Morgan fingerprint density at radius 2 is 1.71 bits per heavy atom. The number of amides is 1. The maximum absolute atomic E-state index is 13.3. The first-order valence-electron chi connectivity index (χ1n) is 12.9. The first-order chi connectivity index (χ1) is 19.5. The second kappa shape index (κ2) is 12.5. The maximum Gasteiger partial charge on any atom is 0.408 e. The van der Waals surface area contributed by atoms with Crippen LogP contribution in [0, 0.1) is 5.82 Å². The monoisotopic (exact) mass is 562 g/mol. The van der Waals surface area contributed by atoms with Crippen LogP contribution in [0.15, 0.2) is 72.8 Å². The summed E-state index contributed by atoms with van der Waals surface area (Å²) in [5, 5.41) is 2.41. The Bertz CT molecular complexity index is 1530. The van der Waals surface area contributed by atoms with Crippen LogP contribution in [0.2, 0.25) is 0 Å². The number of anilines is 1. The van der Waals surface area contributed by atoms with Crippen molar-refractivity contribution < 1.29 is 33.0 Å². The number of aromatic nitrogens is 2. The van der Waals surface area contributed by atoms with Crippen LogP contribution in [0.1, 0.15) is 38.3 Å². The summed E-state index contributed by atoms with van der Waals surface area (Å²) in [7, 11) is 0. The zero-order valence-electron chi connectivity index (χ0n) is 22.9. The van der Waals surface area contributed by atoms with Crippen LogP contribution in [0.25, 0.3) is 11.0 Å². The summed E-state index contributed by atoms with van der Waals surface area (Å²) in [6, 6.07) is 18.4. The highest BCUT2D eigenvalue weighted by Crippen LogP contribution is 2.25. The SMILES string of the molecule is CC(C)(C)OC(=O)N[C@@H](CC(=O)Oc1ccc2nc(N)n(Cc3ccc(F)cc3)c2c1)C(=O)OCc1ccccc1. The largest absolute Gasteiger partial charge is 0.459 e. The van der Waals surface area contributed by atoms with Crippen molar-refractivity contribution in [3.63, 3.8) is 0 Å². The van der Waals surface area contributed by atoms with Crippen LogP contribution in [-0.2, 0) is 32.2 Å². The number of esters is 2. The number of benzene rings is 3. The van der Waals surface area contributed by atoms with Gasteiger partial charge in [0.1, 0.15) is 29.8 Å². The molecule has 1 heterocycles. The fourth-order valence-electron chi connectivity index (χ4n) is 3.94. The molecule has 0 radical (unpaired) electrons. The molecule has 4 aromatic rings. The molecule has 1 aromatic heterocycles. The molecule has 214 valence electrons. The molecule has 4 rings (SSSR count). The van der Waals surface area contributed by atoms with E-state index < -0.39 is 36.1 Å². The minimum Gasteiger partial charge on any atom is -0.459 e. The van der Waals surface area contributed by atoms with Crippen LogP contribution in [0.5, 0.6) is 5.75 Å². The molecule has 1 atom stereocenters. The summed E-state index contributed by atoms with van der Waals surface area (Å²) in [6.07, 6.45) is -1.39. The standard InChI is InChI=1S/C30H31FN4O6/c1-30(2,3)41-29(38)34-24(27(37)39-18-20-7-5-4-6-8-20)16-26(36)40-22-13-14-23-25(15-22)35(28(32)33-23)17-19-9-11-21(31)12-10-19/h4-15,24H,16-18H2,1-3H3,(H2,32,33)(H,34,38)/t24-/m0/s1. The van der Waals surface area contributed by atoms with E-state index in [1.807, 2.05) is 6.07 Å². The van der Waals surface area contributed by atoms with Crippen molar-refractivity contribution in [3.05, 3.63) is 89.7 Å². The van der Waals surface area contributed by atoms with Gasteiger partial charge in [-0.1, -0.05) is 42.5 Å². The lowest BCUT2D eigenvalue weighted by atomic mass is 10.2. The summed E-state index contributed by atoms with van der Waals surface area (Å²) in [4.78, 5) is 42.5. The van der Waals surface area contributed by atoms with Gasteiger partial charge in [0.15, 0.2) is 0 Å². The summed E-state index contributed by atoms with van der Waals surface area (Å²) >= 11 is 0. The van der Waals surface area contributed by atoms with Crippen LogP contribution < -0.4 is 15.8 Å². The Balaban J connectivity index is 1.48. The third-order valence-corrected chi connectivity index (χ3v) is 5.81. The molecule has 0 bridgehead atoms. The minimum atomic E-state index is -1.36. The van der Waals surface area contributed by atoms with Gasteiger partial charge in [-0.25, -0.2) is 19.0 Å². The van der Waals surface area contributed by atoms with Crippen molar-refractivity contribution in [1.29, 1.82) is 0 Å². The van der Waals surface area contributed by atoms with Crippen LogP contribution in [-0.4, -0.2) is 39.2 Å². The molecule has 1 amide bonds. The molecule has 0 aliphatic heterocycles. The number of nitrogens with one attached hydrogen (secondary N) is 1. The van der Waals surface area contributed by atoms with E-state index in [4.69, 9.17) is 19.9 Å². The number of carbonyl (C=O) groups is 3. The molecule has 0 saturated carbocycles. The third-order valence-electron chi connectivity index (χ3n) is 5.81. The number of hydrogen-bond donors (Lipinski definition) is 2. The van der Waals surface area contributed by atoms with E-state index in [1.54, 1.807) is 79.9 Å². The lowest BCUT2D eigenvalue weighted by Crippen LogP contribution is -2.45. The van der Waals surface area contributed by atoms with Gasteiger partial charge in [0.25, 0.3) is 0 Å². The molecule has 0 aliphatic rings. The van der Waals surface area contributed by atoms with Gasteiger partial charge >= 0.3 is 18.0 Å². The molecule has 0 aliphatic carbocycles. The molecule has 10 nitrogen and oxygen atoms in total. The molecule has 41 heavy (non-hydrogen) atoms. The Labute approximate surface area is 236 Å². The predicted octanol–water partition coefficient (Wildman–Crippen LogP) is 4.74. The van der Waals surface area contributed by atoms with Crippen LogP contribution in [0.3, 0.4) is 0 Å². The number of ether oxygens (including phenoxy) is 3. The van der Waals surface area contributed by atoms with Crippen molar-refractivity contribution in [3.8, 4) is 5.75 Å². The number of imidazole rings is 1. The van der Waals surface area contributed by atoms with Gasteiger partial charge in [-0.05, 0) is 56.2 Å². The average molecular weight is 563 g/mol. The third kappa shape index (κ3) is 8.28. The van der Waals surface area contributed by atoms with Gasteiger partial charge < -0.3 is 29.8 Å². The smallest absolute Gasteiger partial charge is 0.408 e. The van der Waals surface area contributed by atoms with Crippen LogP contribution >= 0.6 is 0 Å². The second-order valence-electron chi connectivity index (χ2n) is 10.3. The lowest BCUT2D eigenvalue weighted by molar-refractivity contribution is -0.150. The fourth-order valence-corrected chi connectivity index (χ4v) is 3.94. The molecule has 11 heteroatoms. The van der Waals surface area contributed by atoms with E-state index in [0.717, 1.165) is 11.1 Å². The molecular formula is C30H31FN4O6. The zero-order valence-corrected chi connectivity index (χ0v) is 22.9. The highest BCUT2D eigenvalue weighted by Gasteiger charge is 2.29. The predicted molar refractivity (Wildman–Crippen MR) is 149 cm³/mol. The Kier molecular flexibility index (Phi) is 8.86. The number of nitrogens with two attached hydrogens (primary N) is 1. The number of carbonyl (C=O) groups excluding carboxylic acids is 3. The number of nitrogen functional groups attached to an aromatic ring is 1. The number of fused-ring (bicyclic) bond motifs is 1. The topological polar surface area (TPSA) is 135 Å². The molecule has 0 spiro atoms. The molecule has 0 unspecified atom stereocenters. The number of nitrogens with zero attached hydrogens (tertiary/aromatic N) is 2. The summed E-state index contributed by atoms with van der Waals surface area (Å²) in [6.45, 7) is 5.29. The first-order valence-corrected chi connectivity index (χ1v) is 12.9. The Hall–Kier alpha value is -4.93. The number of hydrogen-bond acceptors (Lipinski definition) is 8. The number of alkyl carbamates (subject to hydrolysis) is 1. The highest BCUT2D eigenvalue weighted by molar-refractivity contribution is 5.87. The van der Waals surface area contributed by atoms with Crippen molar-refractivity contribution in [2.45, 2.75) is 52.0 Å². The van der Waals surface area contributed by atoms with Crippen molar-refractivity contribution >= 4 is 35.0 Å². The van der Waals surface area contributed by atoms with E-state index in [2.05, 4.69) is 10.3 Å². The molecule has 0 saturated heterocycles. The quantitative estimate of drug-likeness (QED) is 0.221. The van der Waals surface area contributed by atoms with Gasteiger partial charge in [-0.3, -0.25) is 4.79 Å². The summed E-state index contributed by atoms with van der Waals surface area (Å²) in [5.41, 5.74) is 7.98. The van der Waals surface area contributed by atoms with E-state index in [9.17, 15) is 18.8 Å². The van der Waals surface area contributed by atoms with Gasteiger partial charge in [0.05, 0.1) is 24.0 Å². The van der Waals surface area contributed by atoms with E-state index in [1.165, 1.54) is 12.1 Å². The summed E-state index contributed by atoms with van der Waals surface area (Å²) in [5.74, 6) is -1.56. The maximum atomic E-state index is 13.3. The number of rotatable bonds is 9.